The first-order chi connectivity index (χ1) is 12.5. The minimum Gasteiger partial charge on any atom is -0.493 e. The number of aromatic nitrogens is 2. The molecule has 2 heterocycles. The van der Waals surface area contributed by atoms with Crippen molar-refractivity contribution >= 4 is 27.7 Å². The Balaban J connectivity index is 2.00. The molecule has 0 radical (unpaired) electrons. The van der Waals surface area contributed by atoms with E-state index in [9.17, 15) is 18.3 Å². The van der Waals surface area contributed by atoms with Crippen LogP contribution in [0.3, 0.4) is 0 Å². The molecule has 0 atom stereocenters. The number of aryl methyl sites for hydroxylation is 1. The van der Waals surface area contributed by atoms with Gasteiger partial charge in [-0.25, -0.2) is 12.7 Å². The highest BCUT2D eigenvalue weighted by atomic mass is 32.2. The maximum atomic E-state index is 13.0. The molecule has 9 heteroatoms. The Labute approximate surface area is 158 Å². The summed E-state index contributed by atoms with van der Waals surface area (Å²) in [4.78, 5) is 20.4. The van der Waals surface area contributed by atoms with E-state index in [0.29, 0.717) is 12.0 Å². The van der Waals surface area contributed by atoms with Crippen molar-refractivity contribution in [2.24, 2.45) is 5.41 Å². The molecule has 3 rings (SSSR count). The first kappa shape index (κ1) is 19.1. The van der Waals surface area contributed by atoms with Crippen molar-refractivity contribution in [3.05, 3.63) is 35.4 Å². The van der Waals surface area contributed by atoms with E-state index in [1.54, 1.807) is 32.9 Å². The van der Waals surface area contributed by atoms with Gasteiger partial charge in [0.1, 0.15) is 0 Å². The van der Waals surface area contributed by atoms with E-state index >= 15 is 0 Å². The normalized spacial score (nSPS) is 14.1. The molecule has 2 aromatic rings. The van der Waals surface area contributed by atoms with E-state index in [-0.39, 0.29) is 35.0 Å². The molecule has 0 aliphatic carbocycles. The van der Waals surface area contributed by atoms with Crippen molar-refractivity contribution in [1.29, 1.82) is 0 Å². The molecule has 0 spiro atoms. The number of fused-ring (bicyclic) bond motifs is 1. The third-order valence-corrected chi connectivity index (χ3v) is 6.08. The van der Waals surface area contributed by atoms with Crippen molar-refractivity contribution < 1.29 is 18.3 Å². The number of carbonyl (C=O) groups excluding carboxylic acids is 1. The lowest BCUT2D eigenvalue weighted by Gasteiger charge is -2.20. The van der Waals surface area contributed by atoms with Crippen LogP contribution in [0.15, 0.2) is 29.2 Å². The van der Waals surface area contributed by atoms with Gasteiger partial charge in [0.25, 0.3) is 10.0 Å². The molecule has 2 N–H and O–H groups in total. The number of nitrogens with zero attached hydrogens (tertiary/aromatic N) is 3. The van der Waals surface area contributed by atoms with Gasteiger partial charge in [0.15, 0.2) is 5.82 Å². The number of benzene rings is 1. The lowest BCUT2D eigenvalue weighted by Crippen LogP contribution is -2.31. The van der Waals surface area contributed by atoms with E-state index in [4.69, 9.17) is 0 Å². The van der Waals surface area contributed by atoms with Gasteiger partial charge in [-0.05, 0) is 19.1 Å². The number of rotatable bonds is 3. The second-order valence-electron chi connectivity index (χ2n) is 7.52. The van der Waals surface area contributed by atoms with Crippen molar-refractivity contribution in [2.45, 2.75) is 39.0 Å². The van der Waals surface area contributed by atoms with Crippen LogP contribution in [0.5, 0.6) is 5.88 Å². The van der Waals surface area contributed by atoms with Gasteiger partial charge in [-0.1, -0.05) is 38.5 Å². The first-order valence-corrected chi connectivity index (χ1v) is 9.95. The predicted molar refractivity (Wildman–Crippen MR) is 101 cm³/mol. The molecule has 0 bridgehead atoms. The van der Waals surface area contributed by atoms with Gasteiger partial charge in [0, 0.05) is 18.4 Å². The summed E-state index contributed by atoms with van der Waals surface area (Å²) in [5.74, 6) is -0.705. The molecule has 1 aliphatic rings. The van der Waals surface area contributed by atoms with Crippen molar-refractivity contribution in [3.63, 3.8) is 0 Å². The summed E-state index contributed by atoms with van der Waals surface area (Å²) in [7, 11) is -3.84. The van der Waals surface area contributed by atoms with Gasteiger partial charge < -0.3 is 5.11 Å². The average molecular weight is 390 g/mol. The zero-order valence-corrected chi connectivity index (χ0v) is 16.5. The predicted octanol–water partition coefficient (Wildman–Crippen LogP) is 2.23. The molecule has 0 unspecified atom stereocenters. The number of nitrogens with one attached hydrogen (secondary N) is 1. The molecule has 1 aromatic carbocycles. The quantitative estimate of drug-likeness (QED) is 0.831. The van der Waals surface area contributed by atoms with Gasteiger partial charge in [-0.3, -0.25) is 10.1 Å². The fourth-order valence-corrected chi connectivity index (χ4v) is 4.07. The number of amides is 1. The van der Waals surface area contributed by atoms with Gasteiger partial charge in [0.05, 0.1) is 10.5 Å². The van der Waals surface area contributed by atoms with Crippen LogP contribution in [0.1, 0.15) is 31.9 Å². The van der Waals surface area contributed by atoms with Crippen LogP contribution in [0, 0.1) is 12.3 Å². The SMILES string of the molecule is Cc1ccc(S(=O)(=O)N2CCc3c(O)nc(NC(=O)C(C)(C)C)nc32)cc1. The first-order valence-electron chi connectivity index (χ1n) is 8.51. The van der Waals surface area contributed by atoms with Gasteiger partial charge in [0.2, 0.25) is 17.7 Å². The van der Waals surface area contributed by atoms with Crippen LogP contribution in [0.25, 0.3) is 0 Å². The summed E-state index contributed by atoms with van der Waals surface area (Å²) in [5, 5.41) is 12.7. The van der Waals surface area contributed by atoms with Gasteiger partial charge in [-0.2, -0.15) is 9.97 Å². The number of anilines is 2. The summed E-state index contributed by atoms with van der Waals surface area (Å²) < 4.78 is 27.2. The van der Waals surface area contributed by atoms with Crippen molar-refractivity contribution in [3.8, 4) is 5.88 Å². The third-order valence-electron chi connectivity index (χ3n) is 4.28. The minimum atomic E-state index is -3.84. The van der Waals surface area contributed by atoms with Crippen molar-refractivity contribution in [1.82, 2.24) is 9.97 Å². The number of carbonyl (C=O) groups is 1. The van der Waals surface area contributed by atoms with Crippen LogP contribution >= 0.6 is 0 Å². The smallest absolute Gasteiger partial charge is 0.265 e. The largest absolute Gasteiger partial charge is 0.493 e. The summed E-state index contributed by atoms with van der Waals surface area (Å²) in [6.07, 6.45) is 0.291. The highest BCUT2D eigenvalue weighted by molar-refractivity contribution is 7.92. The Morgan fingerprint density at radius 3 is 2.41 bits per heavy atom. The Kier molecular flexibility index (Phi) is 4.59. The fourth-order valence-electron chi connectivity index (χ4n) is 2.63. The molecule has 0 fully saturated rings. The van der Waals surface area contributed by atoms with E-state index in [1.807, 2.05) is 6.92 Å². The molecular formula is C18H22N4O4S. The number of hydrogen-bond donors (Lipinski definition) is 2. The van der Waals surface area contributed by atoms with Gasteiger partial charge >= 0.3 is 0 Å². The second-order valence-corrected chi connectivity index (χ2v) is 9.38. The average Bonchev–Trinajstić information content (AvgIpc) is 2.99. The molecule has 0 saturated carbocycles. The number of aromatic hydroxyl groups is 1. The highest BCUT2D eigenvalue weighted by Gasteiger charge is 2.35. The standard InChI is InChI=1S/C18H22N4O4S/c1-11-5-7-12(8-6-11)27(25,26)22-10-9-13-14(22)19-17(20-15(13)23)21-16(24)18(2,3)4/h5-8H,9-10H2,1-4H3,(H2,19,20,21,23,24). The summed E-state index contributed by atoms with van der Waals surface area (Å²) in [5.41, 5.74) is 0.605. The topological polar surface area (TPSA) is 112 Å². The van der Waals surface area contributed by atoms with Crippen LogP contribution < -0.4 is 9.62 Å². The van der Waals surface area contributed by atoms with Gasteiger partial charge in [-0.15, -0.1) is 0 Å². The van der Waals surface area contributed by atoms with E-state index in [1.165, 1.54) is 12.1 Å². The molecule has 1 amide bonds. The second kappa shape index (κ2) is 6.49. The fraction of sp³-hybridized carbons (Fsp3) is 0.389. The molecule has 27 heavy (non-hydrogen) atoms. The number of hydrogen-bond acceptors (Lipinski definition) is 6. The number of sulfonamides is 1. The maximum Gasteiger partial charge on any atom is 0.265 e. The van der Waals surface area contributed by atoms with E-state index in [0.717, 1.165) is 9.87 Å². The van der Waals surface area contributed by atoms with Crippen LogP contribution in [-0.2, 0) is 21.2 Å². The van der Waals surface area contributed by atoms with Crippen LogP contribution in [-0.4, -0.2) is 35.9 Å². The highest BCUT2D eigenvalue weighted by Crippen LogP contribution is 2.36. The lowest BCUT2D eigenvalue weighted by atomic mass is 9.96. The Morgan fingerprint density at radius 2 is 1.81 bits per heavy atom. The van der Waals surface area contributed by atoms with Crippen molar-refractivity contribution in [2.75, 3.05) is 16.2 Å². The molecular weight excluding hydrogens is 368 g/mol. The van der Waals surface area contributed by atoms with E-state index in [2.05, 4.69) is 15.3 Å². The Hall–Kier alpha value is -2.68. The summed E-state index contributed by atoms with van der Waals surface area (Å²) in [6.45, 7) is 7.19. The summed E-state index contributed by atoms with van der Waals surface area (Å²) in [6, 6.07) is 6.50. The molecule has 144 valence electrons. The molecule has 8 nitrogen and oxygen atoms in total. The van der Waals surface area contributed by atoms with Crippen LogP contribution in [0.2, 0.25) is 0 Å². The molecule has 1 aliphatic heterocycles. The summed E-state index contributed by atoms with van der Waals surface area (Å²) >= 11 is 0. The minimum absolute atomic E-state index is 0.0901. The molecule has 1 aromatic heterocycles. The Morgan fingerprint density at radius 1 is 1.19 bits per heavy atom. The van der Waals surface area contributed by atoms with E-state index < -0.39 is 15.4 Å². The lowest BCUT2D eigenvalue weighted by molar-refractivity contribution is -0.123. The Bertz CT molecular complexity index is 995. The zero-order chi connectivity index (χ0) is 20.0. The third kappa shape index (κ3) is 3.59. The molecule has 0 saturated heterocycles. The monoisotopic (exact) mass is 390 g/mol. The maximum absolute atomic E-state index is 13.0. The zero-order valence-electron chi connectivity index (χ0n) is 15.6. The van der Waals surface area contributed by atoms with Crippen LogP contribution in [0.4, 0.5) is 11.8 Å².